The SMILES string of the molecule is c1ccc(-c2ccc(N(c3ccc4oc5ccccc5c4c3)c3ccc4ccc5c6ccccc6[se]c5c4c3)cc2)cc1. The summed E-state index contributed by atoms with van der Waals surface area (Å²) < 4.78 is 9.13. The van der Waals surface area contributed by atoms with E-state index in [0.29, 0.717) is 0 Å². The molecule has 9 rings (SSSR count). The monoisotopic (exact) mass is 615 g/mol. The maximum absolute atomic E-state index is 6.19. The van der Waals surface area contributed by atoms with E-state index in [0.717, 1.165) is 39.0 Å². The van der Waals surface area contributed by atoms with Crippen LogP contribution in [0.15, 0.2) is 156 Å². The van der Waals surface area contributed by atoms with Crippen LogP contribution < -0.4 is 4.90 Å². The summed E-state index contributed by atoms with van der Waals surface area (Å²) in [6, 6.07) is 54.7. The average molecular weight is 615 g/mol. The van der Waals surface area contributed by atoms with Crippen molar-refractivity contribution >= 4 is 83.6 Å². The molecule has 0 aliphatic heterocycles. The molecule has 0 saturated carbocycles. The van der Waals surface area contributed by atoms with Crippen LogP contribution >= 0.6 is 0 Å². The fourth-order valence-electron chi connectivity index (χ4n) is 6.36. The van der Waals surface area contributed by atoms with Gasteiger partial charge in [0, 0.05) is 0 Å². The van der Waals surface area contributed by atoms with Gasteiger partial charge >= 0.3 is 250 Å². The van der Waals surface area contributed by atoms with Crippen LogP contribution in [-0.2, 0) is 0 Å². The van der Waals surface area contributed by atoms with E-state index in [2.05, 4.69) is 144 Å². The molecule has 0 aliphatic carbocycles. The topological polar surface area (TPSA) is 16.4 Å². The van der Waals surface area contributed by atoms with E-state index in [1.165, 1.54) is 41.2 Å². The summed E-state index contributed by atoms with van der Waals surface area (Å²) in [7, 11) is 0. The van der Waals surface area contributed by atoms with E-state index in [-0.39, 0.29) is 14.5 Å². The van der Waals surface area contributed by atoms with Crippen molar-refractivity contribution in [2.75, 3.05) is 4.90 Å². The summed E-state index contributed by atoms with van der Waals surface area (Å²) in [5, 5.41) is 7.65. The van der Waals surface area contributed by atoms with Gasteiger partial charge in [0.05, 0.1) is 0 Å². The van der Waals surface area contributed by atoms with Gasteiger partial charge in [-0.25, -0.2) is 0 Å². The Bertz CT molecular complexity index is 2450. The van der Waals surface area contributed by atoms with E-state index < -0.39 is 0 Å². The molecule has 0 atom stereocenters. The zero-order valence-electron chi connectivity index (χ0n) is 23.2. The molecule has 2 nitrogen and oxygen atoms in total. The standard InChI is InChI=1S/C40H25NOSe/c1-2-8-26(9-3-1)27-14-18-29(19-15-27)41(31-21-23-38-36(25-31)32-10-4-6-12-37(32)42-38)30-20-16-28-17-22-34-33-11-5-7-13-39(33)43-40(34)35(28)24-30/h1-25H. The van der Waals surface area contributed by atoms with Crippen LogP contribution in [0.25, 0.3) is 63.1 Å². The molecule has 0 radical (unpaired) electrons. The molecule has 0 bridgehead atoms. The van der Waals surface area contributed by atoms with Crippen molar-refractivity contribution in [3.8, 4) is 11.1 Å². The number of hydrogen-bond acceptors (Lipinski definition) is 2. The first-order chi connectivity index (χ1) is 21.3. The van der Waals surface area contributed by atoms with Crippen molar-refractivity contribution in [2.24, 2.45) is 0 Å². The molecule has 9 aromatic rings. The van der Waals surface area contributed by atoms with Gasteiger partial charge in [-0.3, -0.25) is 0 Å². The quantitative estimate of drug-likeness (QED) is 0.183. The zero-order chi connectivity index (χ0) is 28.3. The van der Waals surface area contributed by atoms with Gasteiger partial charge in [0.1, 0.15) is 0 Å². The molecule has 0 fully saturated rings. The van der Waals surface area contributed by atoms with E-state index in [4.69, 9.17) is 4.42 Å². The Morgan fingerprint density at radius 2 is 1.05 bits per heavy atom. The Hall–Kier alpha value is -5.08. The summed E-state index contributed by atoms with van der Waals surface area (Å²) in [6.07, 6.45) is 0. The first kappa shape index (κ1) is 24.5. The minimum absolute atomic E-state index is 0.279. The Morgan fingerprint density at radius 3 is 1.91 bits per heavy atom. The second-order valence-electron chi connectivity index (χ2n) is 11.0. The van der Waals surface area contributed by atoms with Crippen molar-refractivity contribution < 1.29 is 4.42 Å². The predicted octanol–water partition coefficient (Wildman–Crippen LogP) is 11.2. The molecular formula is C40H25NOSe. The zero-order valence-corrected chi connectivity index (χ0v) is 24.9. The van der Waals surface area contributed by atoms with Gasteiger partial charge in [-0.1, -0.05) is 6.07 Å². The molecule has 0 spiro atoms. The summed E-state index contributed by atoms with van der Waals surface area (Å²) >= 11 is 0.279. The van der Waals surface area contributed by atoms with E-state index in [9.17, 15) is 0 Å². The van der Waals surface area contributed by atoms with Crippen LogP contribution in [0.2, 0.25) is 0 Å². The second kappa shape index (κ2) is 9.74. The van der Waals surface area contributed by atoms with Gasteiger partial charge in [-0.05, 0) is 0 Å². The fraction of sp³-hybridized carbons (Fsp3) is 0. The van der Waals surface area contributed by atoms with E-state index in [1.807, 2.05) is 12.1 Å². The summed E-state index contributed by atoms with van der Waals surface area (Å²) in [5.41, 5.74) is 7.61. The molecule has 2 heterocycles. The number of fused-ring (bicyclic) bond motifs is 8. The molecule has 0 aliphatic rings. The molecule has 2 aromatic heterocycles. The molecule has 3 heteroatoms. The first-order valence-corrected chi connectivity index (χ1v) is 16.2. The van der Waals surface area contributed by atoms with Crippen LogP contribution in [0.1, 0.15) is 0 Å². The van der Waals surface area contributed by atoms with Gasteiger partial charge in [0.25, 0.3) is 0 Å². The summed E-state index contributed by atoms with van der Waals surface area (Å²) in [6.45, 7) is 0. The normalized spacial score (nSPS) is 11.7. The Morgan fingerprint density at radius 1 is 0.419 bits per heavy atom. The first-order valence-electron chi connectivity index (χ1n) is 14.5. The molecule has 0 N–H and O–H groups in total. The van der Waals surface area contributed by atoms with Crippen molar-refractivity contribution in [1.82, 2.24) is 0 Å². The van der Waals surface area contributed by atoms with Crippen LogP contribution in [0.3, 0.4) is 0 Å². The Kier molecular flexibility index (Phi) is 5.55. The van der Waals surface area contributed by atoms with E-state index in [1.54, 1.807) is 0 Å². The van der Waals surface area contributed by atoms with Crippen molar-refractivity contribution in [1.29, 1.82) is 0 Å². The molecule has 0 saturated heterocycles. The number of para-hydroxylation sites is 1. The van der Waals surface area contributed by atoms with Crippen LogP contribution in [-0.4, -0.2) is 14.5 Å². The third kappa shape index (κ3) is 4.01. The molecule has 202 valence electrons. The molecule has 7 aromatic carbocycles. The predicted molar refractivity (Wildman–Crippen MR) is 183 cm³/mol. The Labute approximate surface area is 254 Å². The molecule has 0 unspecified atom stereocenters. The molecular weight excluding hydrogens is 589 g/mol. The molecule has 0 amide bonds. The van der Waals surface area contributed by atoms with Crippen LogP contribution in [0, 0.1) is 0 Å². The van der Waals surface area contributed by atoms with E-state index >= 15 is 0 Å². The number of nitrogens with zero attached hydrogens (tertiary/aromatic N) is 1. The fourth-order valence-corrected chi connectivity index (χ4v) is 8.94. The second-order valence-corrected chi connectivity index (χ2v) is 13.2. The number of benzene rings is 7. The van der Waals surface area contributed by atoms with Gasteiger partial charge in [-0.15, -0.1) is 0 Å². The maximum atomic E-state index is 6.19. The third-order valence-corrected chi connectivity index (χ3v) is 11.0. The van der Waals surface area contributed by atoms with Gasteiger partial charge in [0.15, 0.2) is 0 Å². The summed E-state index contributed by atoms with van der Waals surface area (Å²) in [5.74, 6) is 0. The molecule has 43 heavy (non-hydrogen) atoms. The summed E-state index contributed by atoms with van der Waals surface area (Å²) in [4.78, 5) is 2.38. The van der Waals surface area contributed by atoms with Gasteiger partial charge in [0.2, 0.25) is 0 Å². The number of hydrogen-bond donors (Lipinski definition) is 0. The van der Waals surface area contributed by atoms with Crippen LogP contribution in [0.5, 0.6) is 0 Å². The van der Waals surface area contributed by atoms with Crippen molar-refractivity contribution in [3.63, 3.8) is 0 Å². The van der Waals surface area contributed by atoms with Crippen molar-refractivity contribution in [2.45, 2.75) is 0 Å². The minimum atomic E-state index is 0.279. The Balaban J connectivity index is 1.27. The third-order valence-electron chi connectivity index (χ3n) is 8.45. The number of rotatable bonds is 4. The van der Waals surface area contributed by atoms with Gasteiger partial charge in [-0.2, -0.15) is 0 Å². The van der Waals surface area contributed by atoms with Gasteiger partial charge < -0.3 is 0 Å². The van der Waals surface area contributed by atoms with Crippen LogP contribution in [0.4, 0.5) is 17.1 Å². The number of furan rings is 1. The average Bonchev–Trinajstić information content (AvgIpc) is 3.64. The number of anilines is 3. The van der Waals surface area contributed by atoms with Crippen molar-refractivity contribution in [3.05, 3.63) is 152 Å².